The predicted molar refractivity (Wildman–Crippen MR) is 111 cm³/mol. The van der Waals surface area contributed by atoms with E-state index in [2.05, 4.69) is 12.2 Å². The minimum atomic E-state index is -0.119. The minimum Gasteiger partial charge on any atom is -0.494 e. The van der Waals surface area contributed by atoms with Crippen molar-refractivity contribution in [3.63, 3.8) is 0 Å². The summed E-state index contributed by atoms with van der Waals surface area (Å²) in [5.74, 6) is 0.708. The van der Waals surface area contributed by atoms with Gasteiger partial charge in [0, 0.05) is 11.3 Å². The zero-order chi connectivity index (χ0) is 18.9. The number of carbonyl (C=O) groups is 1. The molecule has 3 aromatic carbocycles. The minimum absolute atomic E-state index is 0.119. The largest absolute Gasteiger partial charge is 0.494 e. The Kier molecular flexibility index (Phi) is 6.64. The fourth-order valence-corrected chi connectivity index (χ4v) is 2.93. The van der Waals surface area contributed by atoms with Crippen LogP contribution >= 0.6 is 0 Å². The Balaban J connectivity index is 1.68. The Bertz CT molecular complexity index is 857. The molecule has 0 atom stereocenters. The van der Waals surface area contributed by atoms with Crippen molar-refractivity contribution >= 4 is 11.6 Å². The first-order valence-corrected chi connectivity index (χ1v) is 9.46. The molecule has 3 aromatic rings. The maximum absolute atomic E-state index is 12.8. The van der Waals surface area contributed by atoms with Crippen LogP contribution < -0.4 is 10.1 Å². The van der Waals surface area contributed by atoms with Gasteiger partial charge in [0.05, 0.1) is 6.61 Å². The number of hydrogen-bond donors (Lipinski definition) is 1. The van der Waals surface area contributed by atoms with Crippen molar-refractivity contribution in [2.45, 2.75) is 26.2 Å². The molecule has 3 rings (SSSR count). The van der Waals surface area contributed by atoms with Gasteiger partial charge in [-0.1, -0.05) is 68.3 Å². The molecule has 1 N–H and O–H groups in total. The van der Waals surface area contributed by atoms with Crippen LogP contribution in [0.2, 0.25) is 0 Å². The van der Waals surface area contributed by atoms with Crippen molar-refractivity contribution in [1.82, 2.24) is 0 Å². The van der Waals surface area contributed by atoms with Gasteiger partial charge in [-0.2, -0.15) is 0 Å². The number of rotatable bonds is 8. The van der Waals surface area contributed by atoms with Gasteiger partial charge in [-0.25, -0.2) is 0 Å². The first kappa shape index (κ1) is 18.7. The van der Waals surface area contributed by atoms with Crippen molar-refractivity contribution < 1.29 is 9.53 Å². The first-order chi connectivity index (χ1) is 13.3. The van der Waals surface area contributed by atoms with Crippen molar-refractivity contribution in [1.29, 1.82) is 0 Å². The van der Waals surface area contributed by atoms with Crippen LogP contribution in [0.4, 0.5) is 5.69 Å². The molecule has 1 amide bonds. The third-order valence-corrected chi connectivity index (χ3v) is 4.39. The summed E-state index contributed by atoms with van der Waals surface area (Å²) in [6, 6.07) is 25.1. The molecule has 0 aliphatic carbocycles. The molecule has 3 nitrogen and oxygen atoms in total. The smallest absolute Gasteiger partial charge is 0.256 e. The molecule has 0 aliphatic heterocycles. The molecule has 0 unspecified atom stereocenters. The molecule has 0 fully saturated rings. The number of nitrogens with one attached hydrogen (secondary N) is 1. The Hall–Kier alpha value is -3.07. The lowest BCUT2D eigenvalue weighted by Crippen LogP contribution is -2.13. The molecule has 0 aliphatic rings. The Morgan fingerprint density at radius 1 is 0.852 bits per heavy atom. The molecule has 138 valence electrons. The van der Waals surface area contributed by atoms with Crippen LogP contribution in [0, 0.1) is 0 Å². The SMILES string of the molecule is CCCCCOc1ccc(NC(=O)c2ccccc2-c2ccccc2)cc1. The second-order valence-electron chi connectivity index (χ2n) is 6.45. The topological polar surface area (TPSA) is 38.3 Å². The number of benzene rings is 3. The van der Waals surface area contributed by atoms with Gasteiger partial charge in [0.1, 0.15) is 5.75 Å². The number of unbranched alkanes of at least 4 members (excludes halogenated alkanes) is 2. The summed E-state index contributed by atoms with van der Waals surface area (Å²) >= 11 is 0. The average Bonchev–Trinajstić information content (AvgIpc) is 2.73. The lowest BCUT2D eigenvalue weighted by molar-refractivity contribution is 0.102. The lowest BCUT2D eigenvalue weighted by Gasteiger charge is -2.11. The van der Waals surface area contributed by atoms with Crippen LogP contribution in [-0.2, 0) is 0 Å². The van der Waals surface area contributed by atoms with Gasteiger partial charge in [0.15, 0.2) is 0 Å². The number of ether oxygens (including phenoxy) is 1. The second kappa shape index (κ2) is 9.58. The zero-order valence-electron chi connectivity index (χ0n) is 15.7. The monoisotopic (exact) mass is 359 g/mol. The zero-order valence-corrected chi connectivity index (χ0v) is 15.7. The molecule has 0 aromatic heterocycles. The Morgan fingerprint density at radius 2 is 1.56 bits per heavy atom. The van der Waals surface area contributed by atoms with Gasteiger partial charge in [-0.15, -0.1) is 0 Å². The fourth-order valence-electron chi connectivity index (χ4n) is 2.93. The lowest BCUT2D eigenvalue weighted by atomic mass is 9.99. The predicted octanol–water partition coefficient (Wildman–Crippen LogP) is 6.17. The highest BCUT2D eigenvalue weighted by atomic mass is 16.5. The molecule has 0 spiro atoms. The van der Waals surface area contributed by atoms with E-state index in [0.717, 1.165) is 35.6 Å². The Morgan fingerprint density at radius 3 is 2.30 bits per heavy atom. The maximum Gasteiger partial charge on any atom is 0.256 e. The number of amides is 1. The molecule has 0 radical (unpaired) electrons. The molecule has 3 heteroatoms. The number of hydrogen-bond acceptors (Lipinski definition) is 2. The summed E-state index contributed by atoms with van der Waals surface area (Å²) in [6.07, 6.45) is 3.42. The number of anilines is 1. The van der Waals surface area contributed by atoms with Gasteiger partial charge >= 0.3 is 0 Å². The van der Waals surface area contributed by atoms with Crippen molar-refractivity contribution in [2.24, 2.45) is 0 Å². The second-order valence-corrected chi connectivity index (χ2v) is 6.45. The van der Waals surface area contributed by atoms with Gasteiger partial charge in [-0.05, 0) is 47.9 Å². The van der Waals surface area contributed by atoms with Gasteiger partial charge in [-0.3, -0.25) is 4.79 Å². The molecule has 0 bridgehead atoms. The van der Waals surface area contributed by atoms with E-state index in [4.69, 9.17) is 4.74 Å². The summed E-state index contributed by atoms with van der Waals surface area (Å²) in [6.45, 7) is 2.90. The highest BCUT2D eigenvalue weighted by Crippen LogP contribution is 2.24. The van der Waals surface area contributed by atoms with Crippen LogP contribution in [-0.4, -0.2) is 12.5 Å². The van der Waals surface area contributed by atoms with Crippen LogP contribution in [0.15, 0.2) is 78.9 Å². The highest BCUT2D eigenvalue weighted by Gasteiger charge is 2.12. The Labute approximate surface area is 161 Å². The van der Waals surface area contributed by atoms with Crippen molar-refractivity contribution in [3.8, 4) is 16.9 Å². The molecule has 0 saturated heterocycles. The third kappa shape index (κ3) is 5.20. The van der Waals surface area contributed by atoms with Crippen LogP contribution in [0.25, 0.3) is 11.1 Å². The summed E-state index contributed by atoms with van der Waals surface area (Å²) in [4.78, 5) is 12.8. The molecular weight excluding hydrogens is 334 g/mol. The summed E-state index contributed by atoms with van der Waals surface area (Å²) in [5.41, 5.74) is 3.36. The average molecular weight is 359 g/mol. The molecular formula is C24H25NO2. The van der Waals surface area contributed by atoms with E-state index in [0.29, 0.717) is 5.56 Å². The molecule has 0 heterocycles. The van der Waals surface area contributed by atoms with E-state index >= 15 is 0 Å². The van der Waals surface area contributed by atoms with Crippen molar-refractivity contribution in [2.75, 3.05) is 11.9 Å². The van der Waals surface area contributed by atoms with Crippen LogP contribution in [0.3, 0.4) is 0 Å². The van der Waals surface area contributed by atoms with Gasteiger partial charge in [0.2, 0.25) is 0 Å². The third-order valence-electron chi connectivity index (χ3n) is 4.39. The highest BCUT2D eigenvalue weighted by molar-refractivity contribution is 6.08. The molecule has 0 saturated carbocycles. The van der Waals surface area contributed by atoms with E-state index in [1.54, 1.807) is 0 Å². The summed E-state index contributed by atoms with van der Waals surface area (Å²) in [5, 5.41) is 2.98. The van der Waals surface area contributed by atoms with Gasteiger partial charge < -0.3 is 10.1 Å². The van der Waals surface area contributed by atoms with E-state index in [9.17, 15) is 4.79 Å². The van der Waals surface area contributed by atoms with Crippen molar-refractivity contribution in [3.05, 3.63) is 84.4 Å². The standard InChI is InChI=1S/C24H25NO2/c1-2-3-9-18-27-21-16-14-20(15-17-21)25-24(26)23-13-8-7-12-22(23)19-10-5-4-6-11-19/h4-8,10-17H,2-3,9,18H2,1H3,(H,25,26). The number of carbonyl (C=O) groups excluding carboxylic acids is 1. The summed E-state index contributed by atoms with van der Waals surface area (Å²) in [7, 11) is 0. The van der Waals surface area contributed by atoms with E-state index in [-0.39, 0.29) is 5.91 Å². The summed E-state index contributed by atoms with van der Waals surface area (Å²) < 4.78 is 5.72. The quantitative estimate of drug-likeness (QED) is 0.488. The van der Waals surface area contributed by atoms with Gasteiger partial charge in [0.25, 0.3) is 5.91 Å². The molecule has 27 heavy (non-hydrogen) atoms. The fraction of sp³-hybridized carbons (Fsp3) is 0.208. The van der Waals surface area contributed by atoms with Crippen LogP contribution in [0.5, 0.6) is 5.75 Å². The normalized spacial score (nSPS) is 10.4. The maximum atomic E-state index is 12.8. The van der Waals surface area contributed by atoms with E-state index < -0.39 is 0 Å². The van der Waals surface area contributed by atoms with Crippen LogP contribution in [0.1, 0.15) is 36.5 Å². The van der Waals surface area contributed by atoms with E-state index in [1.807, 2.05) is 78.9 Å². The van der Waals surface area contributed by atoms with E-state index in [1.165, 1.54) is 12.8 Å². The first-order valence-electron chi connectivity index (χ1n) is 9.46.